The first kappa shape index (κ1) is 86.5. The van der Waals surface area contributed by atoms with Crippen molar-refractivity contribution in [3.63, 3.8) is 0 Å². The normalized spacial score (nSPS) is 9.80. The maximum Gasteiger partial charge on any atom is 1.00 e. The Morgan fingerprint density at radius 3 is 0.700 bits per heavy atom. The van der Waals surface area contributed by atoms with E-state index in [-0.39, 0.29) is 180 Å². The van der Waals surface area contributed by atoms with E-state index in [1.165, 1.54) is 256 Å². The summed E-state index contributed by atoms with van der Waals surface area (Å²) in [4.78, 5) is 0. The summed E-state index contributed by atoms with van der Waals surface area (Å²) < 4.78 is 0. The summed E-state index contributed by atoms with van der Waals surface area (Å²) in [5.74, 6) is 4.34. The standard InChI is InChI=1S/C14H30S.3C12H26S.C2H6.H2O.3Rb/c1-4-5-6-7-8-9-10-11-12-13-15-14(2)3;3*1-2-3-4-5-6-7-8-9-10-11-12-13;1-2;;;;/h14H,4-13H2,1-3H3;3*13H,2-12H2,1H3;1-2H3;1H2;;;/q;;;;;;3*+1/p-3. The van der Waals surface area contributed by atoms with E-state index in [1.807, 2.05) is 13.8 Å². The molecule has 0 fully saturated rings. The van der Waals surface area contributed by atoms with Crippen molar-refractivity contribution in [3.8, 4) is 0 Å². The van der Waals surface area contributed by atoms with E-state index in [0.29, 0.717) is 0 Å². The van der Waals surface area contributed by atoms with Crippen LogP contribution < -0.4 is 175 Å². The van der Waals surface area contributed by atoms with Gasteiger partial charge in [0.2, 0.25) is 0 Å². The number of unbranched alkanes of at least 4 members (excludes halogenated alkanes) is 35. The fourth-order valence-corrected chi connectivity index (χ4v) is 7.98. The van der Waals surface area contributed by atoms with Gasteiger partial charge >= 0.3 is 175 Å². The molecule has 0 rings (SSSR count). The van der Waals surface area contributed by atoms with E-state index in [1.54, 1.807) is 0 Å². The van der Waals surface area contributed by atoms with Crippen LogP contribution in [-0.2, 0) is 25.3 Å². The van der Waals surface area contributed by atoms with Crippen molar-refractivity contribution in [2.45, 2.75) is 311 Å². The molecule has 0 aromatic heterocycles. The molecule has 1 N–H and O–H groups in total. The van der Waals surface area contributed by atoms with Gasteiger partial charge in [-0.15, -0.1) is 0 Å². The van der Waals surface area contributed by atoms with Gasteiger partial charge in [0.15, 0.2) is 0 Å². The molecule has 0 aromatic carbocycles. The Balaban J connectivity index is -0.0000000797. The van der Waals surface area contributed by atoms with Crippen LogP contribution in [0.4, 0.5) is 0 Å². The van der Waals surface area contributed by atoms with Gasteiger partial charge in [-0.2, -0.15) is 35.9 Å². The Morgan fingerprint density at radius 1 is 0.333 bits per heavy atom. The van der Waals surface area contributed by atoms with E-state index in [0.717, 1.165) is 22.5 Å². The minimum absolute atomic E-state index is 0. The van der Waals surface area contributed by atoms with Crippen LogP contribution in [0.2, 0.25) is 0 Å². The molecule has 0 aliphatic heterocycles. The van der Waals surface area contributed by atoms with Crippen LogP contribution in [0.25, 0.3) is 0 Å². The maximum atomic E-state index is 4.90. The van der Waals surface area contributed by atoms with Gasteiger partial charge in [0.1, 0.15) is 0 Å². The summed E-state index contributed by atoms with van der Waals surface area (Å²) in [6.45, 7) is 17.7. The zero-order valence-electron chi connectivity index (χ0n) is 44.1. The van der Waals surface area contributed by atoms with Gasteiger partial charge in [0.25, 0.3) is 0 Å². The molecule has 0 atom stereocenters. The third-order valence-corrected chi connectivity index (χ3v) is 12.3. The topological polar surface area (TPSA) is 30.0 Å². The molecule has 0 aliphatic carbocycles. The van der Waals surface area contributed by atoms with Crippen molar-refractivity contribution >= 4 is 49.6 Å². The van der Waals surface area contributed by atoms with Crippen LogP contribution >= 0.6 is 24.4 Å². The van der Waals surface area contributed by atoms with Gasteiger partial charge in [-0.3, -0.25) is 0 Å². The fourth-order valence-electron chi connectivity index (χ4n) is 6.51. The second-order valence-corrected chi connectivity index (χ2v) is 19.4. The summed E-state index contributed by atoms with van der Waals surface area (Å²) in [6.07, 6.45) is 55.3. The van der Waals surface area contributed by atoms with Crippen molar-refractivity contribution in [1.82, 2.24) is 0 Å². The predicted octanol–water partition coefficient (Wildman–Crippen LogP) is 11.3. The molecule has 0 heterocycles. The average Bonchev–Trinajstić information content (AvgIpc) is 3.21. The Morgan fingerprint density at radius 2 is 0.517 bits per heavy atom. The SMILES string of the molecule is CC.CCCCCCCCCCCCS.CCCCCCCCCCCC[S-].CCCCCCCCCCCC[S-].CCCCCCCCCCCSC(C)C.[OH-].[Rb+].[Rb+].[Rb+]. The smallest absolute Gasteiger partial charge is 0.870 e. The first-order valence-electron chi connectivity index (χ1n) is 25.9. The number of rotatable bonds is 41. The Hall–Kier alpha value is 6.78. The number of hydrogen-bond acceptors (Lipinski definition) is 5. The summed E-state index contributed by atoms with van der Waals surface area (Å²) >= 11 is 16.1. The summed E-state index contributed by atoms with van der Waals surface area (Å²) in [7, 11) is 0. The van der Waals surface area contributed by atoms with E-state index in [9.17, 15) is 0 Å². The van der Waals surface area contributed by atoms with E-state index < -0.39 is 0 Å². The number of thiol groups is 1. The Kier molecular flexibility index (Phi) is 138. The molecule has 0 amide bonds. The quantitative estimate of drug-likeness (QED) is 0.0375. The molecule has 0 saturated carbocycles. The largest absolute Gasteiger partial charge is 1.00 e. The second-order valence-electron chi connectivity index (χ2n) is 16.4. The monoisotopic (exact) mass is 1140 g/mol. The molecule has 0 unspecified atom stereocenters. The Labute approximate surface area is 552 Å². The molecular weight excluding hydrogens is 1030 g/mol. The average molecular weight is 1140 g/mol. The summed E-state index contributed by atoms with van der Waals surface area (Å²) in [5, 5.41) is 0.819. The minimum atomic E-state index is 0. The molecule has 8 heteroatoms. The van der Waals surface area contributed by atoms with E-state index in [4.69, 9.17) is 25.3 Å². The van der Waals surface area contributed by atoms with Gasteiger partial charge in [-0.05, 0) is 29.6 Å². The van der Waals surface area contributed by atoms with Crippen LogP contribution in [0.3, 0.4) is 0 Å². The van der Waals surface area contributed by atoms with Gasteiger partial charge in [0, 0.05) is 0 Å². The van der Waals surface area contributed by atoms with E-state index in [2.05, 4.69) is 65.9 Å². The molecule has 354 valence electrons. The van der Waals surface area contributed by atoms with Crippen LogP contribution in [0, 0.1) is 0 Å². The first-order chi connectivity index (χ1) is 27.5. The van der Waals surface area contributed by atoms with Crippen LogP contribution in [0.15, 0.2) is 0 Å². The zero-order valence-corrected chi connectivity index (χ0v) is 62.2. The minimum Gasteiger partial charge on any atom is -0.870 e. The molecule has 60 heavy (non-hydrogen) atoms. The summed E-state index contributed by atoms with van der Waals surface area (Å²) in [5.41, 5.74) is 0. The molecule has 0 aliphatic rings. The molecular formula is C52H113ORb3S4. The van der Waals surface area contributed by atoms with Gasteiger partial charge < -0.3 is 30.7 Å². The Bertz CT molecular complexity index is 483. The molecule has 0 radical (unpaired) electrons. The predicted molar refractivity (Wildman–Crippen MR) is 282 cm³/mol. The zero-order chi connectivity index (χ0) is 42.7. The molecule has 0 bridgehead atoms. The van der Waals surface area contributed by atoms with Gasteiger partial charge in [-0.1, -0.05) is 293 Å². The summed E-state index contributed by atoms with van der Waals surface area (Å²) in [6, 6.07) is 0. The third-order valence-electron chi connectivity index (χ3n) is 10.2. The maximum absolute atomic E-state index is 4.90. The van der Waals surface area contributed by atoms with Crippen molar-refractivity contribution in [3.05, 3.63) is 0 Å². The van der Waals surface area contributed by atoms with Crippen molar-refractivity contribution in [1.29, 1.82) is 0 Å². The molecule has 0 aromatic rings. The fraction of sp³-hybridized carbons (Fsp3) is 1.00. The third kappa shape index (κ3) is 111. The van der Waals surface area contributed by atoms with Crippen molar-refractivity contribution in [2.75, 3.05) is 23.0 Å². The number of thioether (sulfide) groups is 1. The number of hydrogen-bond donors (Lipinski definition) is 1. The van der Waals surface area contributed by atoms with Crippen LogP contribution in [0.5, 0.6) is 0 Å². The van der Waals surface area contributed by atoms with Crippen LogP contribution in [0.1, 0.15) is 306 Å². The second kappa shape index (κ2) is 95.4. The molecule has 1 nitrogen and oxygen atoms in total. The first-order valence-corrected chi connectivity index (χ1v) is 28.7. The van der Waals surface area contributed by atoms with Crippen LogP contribution in [-0.4, -0.2) is 33.7 Å². The molecule has 0 spiro atoms. The van der Waals surface area contributed by atoms with Gasteiger partial charge in [-0.25, -0.2) is 0 Å². The molecule has 0 saturated heterocycles. The van der Waals surface area contributed by atoms with E-state index >= 15 is 0 Å². The van der Waals surface area contributed by atoms with Crippen molar-refractivity contribution in [2.24, 2.45) is 0 Å². The van der Waals surface area contributed by atoms with Gasteiger partial charge in [0.05, 0.1) is 0 Å². The van der Waals surface area contributed by atoms with Crippen molar-refractivity contribution < 1.29 is 180 Å².